The number of aromatic nitrogens is 4. The van der Waals surface area contributed by atoms with E-state index in [0.717, 1.165) is 23.0 Å². The lowest BCUT2D eigenvalue weighted by atomic mass is 10.1. The van der Waals surface area contributed by atoms with E-state index < -0.39 is 0 Å². The normalized spacial score (nSPS) is 12.6. The van der Waals surface area contributed by atoms with E-state index in [1.807, 2.05) is 25.1 Å². The maximum atomic E-state index is 12.1. The summed E-state index contributed by atoms with van der Waals surface area (Å²) in [6, 6.07) is 5.62. The van der Waals surface area contributed by atoms with Gasteiger partial charge >= 0.3 is 0 Å². The molecule has 2 aromatic heterocycles. The molecule has 2 heterocycles. The Hall–Kier alpha value is -2.74. The summed E-state index contributed by atoms with van der Waals surface area (Å²) >= 11 is 0. The summed E-state index contributed by atoms with van der Waals surface area (Å²) < 4.78 is 10.7. The number of benzene rings is 1. The number of aromatic amines is 1. The fourth-order valence-corrected chi connectivity index (χ4v) is 2.72. The van der Waals surface area contributed by atoms with E-state index in [1.165, 1.54) is 0 Å². The first-order chi connectivity index (χ1) is 12.9. The van der Waals surface area contributed by atoms with Crippen LogP contribution >= 0.6 is 0 Å². The Morgan fingerprint density at radius 2 is 2.11 bits per heavy atom. The number of nitrogens with one attached hydrogen (secondary N) is 2. The number of carbonyl (C=O) groups is 1. The van der Waals surface area contributed by atoms with Crippen LogP contribution in [0.5, 0.6) is 0 Å². The van der Waals surface area contributed by atoms with Crippen molar-refractivity contribution in [2.45, 2.75) is 46.8 Å². The van der Waals surface area contributed by atoms with Crippen molar-refractivity contribution in [2.24, 2.45) is 5.92 Å². The van der Waals surface area contributed by atoms with Crippen LogP contribution in [-0.2, 0) is 22.6 Å². The number of aryl methyl sites for hydroxylation is 1. The van der Waals surface area contributed by atoms with Crippen molar-refractivity contribution in [2.75, 3.05) is 6.61 Å². The van der Waals surface area contributed by atoms with Crippen LogP contribution in [0.3, 0.4) is 0 Å². The molecular formula is C19H25N5O3. The molecule has 0 bridgehead atoms. The number of ether oxygens (including phenoxy) is 1. The van der Waals surface area contributed by atoms with Crippen LogP contribution in [0.15, 0.2) is 22.7 Å². The second-order valence-corrected chi connectivity index (χ2v) is 7.13. The van der Waals surface area contributed by atoms with Crippen molar-refractivity contribution < 1.29 is 14.1 Å². The quantitative estimate of drug-likeness (QED) is 0.631. The lowest BCUT2D eigenvalue weighted by Gasteiger charge is -2.09. The minimum Gasteiger partial charge on any atom is -0.364 e. The number of carbonyl (C=O) groups excluding carboxylic acids is 1. The summed E-state index contributed by atoms with van der Waals surface area (Å²) in [6.07, 6.45) is 0.740. The summed E-state index contributed by atoms with van der Waals surface area (Å²) in [5.74, 6) is 1.92. The molecule has 0 saturated carbocycles. The Morgan fingerprint density at radius 3 is 2.89 bits per heavy atom. The molecule has 0 aliphatic carbocycles. The van der Waals surface area contributed by atoms with Crippen LogP contribution in [0.1, 0.15) is 49.9 Å². The third-order valence-electron chi connectivity index (χ3n) is 3.98. The van der Waals surface area contributed by atoms with Crippen molar-refractivity contribution in [1.29, 1.82) is 0 Å². The highest BCUT2D eigenvalue weighted by molar-refractivity contribution is 5.77. The second kappa shape index (κ2) is 8.30. The third kappa shape index (κ3) is 5.13. The Labute approximate surface area is 157 Å². The van der Waals surface area contributed by atoms with Crippen molar-refractivity contribution in [1.82, 2.24) is 25.4 Å². The van der Waals surface area contributed by atoms with Crippen LogP contribution < -0.4 is 5.32 Å². The van der Waals surface area contributed by atoms with E-state index in [4.69, 9.17) is 9.26 Å². The first-order valence-corrected chi connectivity index (χ1v) is 9.05. The van der Waals surface area contributed by atoms with Gasteiger partial charge in [0.15, 0.2) is 5.82 Å². The molecule has 144 valence electrons. The highest BCUT2D eigenvalue weighted by Crippen LogP contribution is 2.14. The highest BCUT2D eigenvalue weighted by atomic mass is 16.5. The van der Waals surface area contributed by atoms with E-state index in [0.29, 0.717) is 23.5 Å². The van der Waals surface area contributed by atoms with Crippen LogP contribution in [0.2, 0.25) is 0 Å². The van der Waals surface area contributed by atoms with Gasteiger partial charge in [-0.15, -0.1) is 0 Å². The summed E-state index contributed by atoms with van der Waals surface area (Å²) in [5.41, 5.74) is 3.00. The number of amides is 1. The smallest absolute Gasteiger partial charge is 0.248 e. The van der Waals surface area contributed by atoms with Crippen molar-refractivity contribution in [3.8, 4) is 0 Å². The number of nitrogens with zero attached hydrogens (tertiary/aromatic N) is 3. The monoisotopic (exact) mass is 371 g/mol. The van der Waals surface area contributed by atoms with Gasteiger partial charge < -0.3 is 19.6 Å². The van der Waals surface area contributed by atoms with Gasteiger partial charge in [0.1, 0.15) is 25.1 Å². The Balaban J connectivity index is 1.46. The van der Waals surface area contributed by atoms with Gasteiger partial charge in [-0.3, -0.25) is 4.79 Å². The zero-order valence-corrected chi connectivity index (χ0v) is 16.1. The number of rotatable bonds is 8. The fraction of sp³-hybridized carbons (Fsp3) is 0.474. The second-order valence-electron chi connectivity index (χ2n) is 7.13. The SMILES string of the molecule is Cc1ccc2nc(COCC(=O)N[C@@H](C)c3nc(CC(C)C)no3)[nH]c2c1. The zero-order chi connectivity index (χ0) is 19.4. The maximum Gasteiger partial charge on any atom is 0.248 e. The lowest BCUT2D eigenvalue weighted by molar-refractivity contribution is -0.127. The molecule has 0 unspecified atom stereocenters. The summed E-state index contributed by atoms with van der Waals surface area (Å²) in [4.78, 5) is 24.0. The van der Waals surface area contributed by atoms with Crippen LogP contribution in [-0.4, -0.2) is 32.6 Å². The molecule has 1 atom stereocenters. The molecular weight excluding hydrogens is 346 g/mol. The fourth-order valence-electron chi connectivity index (χ4n) is 2.72. The van der Waals surface area contributed by atoms with Gasteiger partial charge in [-0.1, -0.05) is 25.1 Å². The minimum absolute atomic E-state index is 0.0760. The average molecular weight is 371 g/mol. The molecule has 0 radical (unpaired) electrons. The number of imidazole rings is 1. The summed E-state index contributed by atoms with van der Waals surface area (Å²) in [6.45, 7) is 8.15. The van der Waals surface area contributed by atoms with Gasteiger partial charge in [-0.2, -0.15) is 4.98 Å². The molecule has 0 aliphatic heterocycles. The molecule has 2 N–H and O–H groups in total. The molecule has 1 amide bonds. The molecule has 0 fully saturated rings. The number of fused-ring (bicyclic) bond motifs is 1. The molecule has 3 aromatic rings. The maximum absolute atomic E-state index is 12.1. The van der Waals surface area contributed by atoms with E-state index >= 15 is 0 Å². The van der Waals surface area contributed by atoms with Crippen molar-refractivity contribution in [3.63, 3.8) is 0 Å². The highest BCUT2D eigenvalue weighted by Gasteiger charge is 2.17. The third-order valence-corrected chi connectivity index (χ3v) is 3.98. The topological polar surface area (TPSA) is 106 Å². The number of H-pyrrole nitrogens is 1. The zero-order valence-electron chi connectivity index (χ0n) is 16.1. The van der Waals surface area contributed by atoms with Gasteiger partial charge in [0.25, 0.3) is 0 Å². The lowest BCUT2D eigenvalue weighted by Crippen LogP contribution is -2.30. The number of hydrogen-bond donors (Lipinski definition) is 2. The van der Waals surface area contributed by atoms with E-state index in [2.05, 4.69) is 39.3 Å². The van der Waals surface area contributed by atoms with Gasteiger partial charge in [0.2, 0.25) is 11.8 Å². The average Bonchev–Trinajstić information content (AvgIpc) is 3.20. The molecule has 0 spiro atoms. The van der Waals surface area contributed by atoms with Crippen LogP contribution in [0.4, 0.5) is 0 Å². The van der Waals surface area contributed by atoms with Gasteiger partial charge in [-0.25, -0.2) is 4.98 Å². The summed E-state index contributed by atoms with van der Waals surface area (Å²) in [7, 11) is 0. The molecule has 8 heteroatoms. The molecule has 1 aromatic carbocycles. The van der Waals surface area contributed by atoms with E-state index in [9.17, 15) is 4.79 Å². The minimum atomic E-state index is -0.372. The van der Waals surface area contributed by atoms with Gasteiger partial charge in [0.05, 0.1) is 11.0 Å². The standard InChI is InChI=1S/C19H25N5O3/c1-11(2)7-16-23-19(27-24-16)13(4)20-18(25)10-26-9-17-21-14-6-5-12(3)8-15(14)22-17/h5-6,8,11,13H,7,9-10H2,1-4H3,(H,20,25)(H,21,22)/t13-/m0/s1. The van der Waals surface area contributed by atoms with Crippen LogP contribution in [0, 0.1) is 12.8 Å². The van der Waals surface area contributed by atoms with Crippen LogP contribution in [0.25, 0.3) is 11.0 Å². The molecule has 0 saturated heterocycles. The number of hydrogen-bond acceptors (Lipinski definition) is 6. The predicted octanol–water partition coefficient (Wildman–Crippen LogP) is 2.85. The van der Waals surface area contributed by atoms with Crippen molar-refractivity contribution >= 4 is 16.9 Å². The Bertz CT molecular complexity index is 915. The molecule has 27 heavy (non-hydrogen) atoms. The van der Waals surface area contributed by atoms with Gasteiger partial charge in [0, 0.05) is 6.42 Å². The summed E-state index contributed by atoms with van der Waals surface area (Å²) in [5, 5.41) is 6.72. The first kappa shape index (κ1) is 19.0. The largest absolute Gasteiger partial charge is 0.364 e. The molecule has 8 nitrogen and oxygen atoms in total. The molecule has 3 rings (SSSR count). The van der Waals surface area contributed by atoms with E-state index in [1.54, 1.807) is 6.92 Å². The molecule has 0 aliphatic rings. The van der Waals surface area contributed by atoms with Gasteiger partial charge in [-0.05, 0) is 37.5 Å². The predicted molar refractivity (Wildman–Crippen MR) is 99.9 cm³/mol. The Morgan fingerprint density at radius 1 is 1.30 bits per heavy atom. The first-order valence-electron chi connectivity index (χ1n) is 9.05. The Kier molecular flexibility index (Phi) is 5.85. The van der Waals surface area contributed by atoms with E-state index in [-0.39, 0.29) is 25.2 Å². The van der Waals surface area contributed by atoms with Crippen molar-refractivity contribution in [3.05, 3.63) is 41.3 Å².